The molecular weight excluding hydrogens is 360 g/mol. The molecule has 0 saturated carbocycles. The number of rotatable bonds is 4. The van der Waals surface area contributed by atoms with Crippen molar-refractivity contribution in [2.45, 2.75) is 0 Å². The first kappa shape index (κ1) is 17.2. The molecule has 7 nitrogen and oxygen atoms in total. The molecule has 0 bridgehead atoms. The van der Waals surface area contributed by atoms with Crippen molar-refractivity contribution in [2.24, 2.45) is 0 Å². The molecule has 1 amide bonds. The molecule has 2 heterocycles. The maximum atomic E-state index is 11.7. The number of aromatic nitrogens is 1. The first-order chi connectivity index (χ1) is 11.8. The highest BCUT2D eigenvalue weighted by Crippen LogP contribution is 2.27. The number of hydrogen-bond donors (Lipinski definition) is 3. The second kappa shape index (κ2) is 6.69. The van der Waals surface area contributed by atoms with Gasteiger partial charge in [-0.2, -0.15) is 0 Å². The summed E-state index contributed by atoms with van der Waals surface area (Å²) in [4.78, 5) is 16.3. The van der Waals surface area contributed by atoms with E-state index in [0.29, 0.717) is 10.6 Å². The molecule has 0 aliphatic carbocycles. The normalized spacial score (nSPS) is 16.1. The molecule has 0 atom stereocenters. The van der Waals surface area contributed by atoms with E-state index in [9.17, 15) is 13.2 Å². The lowest BCUT2D eigenvalue weighted by Crippen LogP contribution is -2.18. The van der Waals surface area contributed by atoms with Gasteiger partial charge >= 0.3 is 0 Å². The summed E-state index contributed by atoms with van der Waals surface area (Å²) in [7, 11) is -3.31. The number of nitrogens with zero attached hydrogens (tertiary/aromatic N) is 1. The van der Waals surface area contributed by atoms with Crippen LogP contribution in [0, 0.1) is 5.41 Å². The Hall–Kier alpha value is -2.65. The second-order valence-corrected chi connectivity index (χ2v) is 8.15. The van der Waals surface area contributed by atoms with Crippen LogP contribution in [0.1, 0.15) is 5.56 Å². The first-order valence-corrected chi connectivity index (χ1v) is 9.84. The molecule has 2 aromatic rings. The standard InChI is InChI=1S/C16H14N4O3S2/c1-25(22,23)20-13-4-2-11(3-5-13)12-6-10(8-18-9-12)7-14-15(21)19-16(17)24-14/h2-9,20H,1H3,(H2,17,19,21)/b14-7-. The Morgan fingerprint density at radius 1 is 1.20 bits per heavy atom. The fourth-order valence-corrected chi connectivity index (χ4v) is 3.50. The van der Waals surface area contributed by atoms with Crippen LogP contribution in [0.3, 0.4) is 0 Å². The van der Waals surface area contributed by atoms with Crippen LogP contribution in [-0.4, -0.2) is 30.7 Å². The molecular formula is C16H14N4O3S2. The lowest BCUT2D eigenvalue weighted by atomic mass is 10.1. The van der Waals surface area contributed by atoms with E-state index in [4.69, 9.17) is 5.41 Å². The van der Waals surface area contributed by atoms with Crippen LogP contribution in [0.4, 0.5) is 5.69 Å². The third kappa shape index (κ3) is 4.46. The van der Waals surface area contributed by atoms with Crippen molar-refractivity contribution in [3.63, 3.8) is 0 Å². The molecule has 3 N–H and O–H groups in total. The fraction of sp³-hybridized carbons (Fsp3) is 0.0625. The lowest BCUT2D eigenvalue weighted by molar-refractivity contribution is -0.115. The Morgan fingerprint density at radius 2 is 1.92 bits per heavy atom. The van der Waals surface area contributed by atoms with Crippen LogP contribution >= 0.6 is 11.8 Å². The SMILES string of the molecule is CS(=O)(=O)Nc1ccc(-c2cncc(/C=C3\SC(=N)NC3=O)c2)cc1. The first-order valence-electron chi connectivity index (χ1n) is 7.13. The smallest absolute Gasteiger partial charge is 0.264 e. The van der Waals surface area contributed by atoms with Crippen molar-refractivity contribution in [1.82, 2.24) is 10.3 Å². The summed E-state index contributed by atoms with van der Waals surface area (Å²) in [5, 5.41) is 9.99. The summed E-state index contributed by atoms with van der Waals surface area (Å²) in [5.74, 6) is -0.295. The highest BCUT2D eigenvalue weighted by molar-refractivity contribution is 8.18. The Balaban J connectivity index is 1.85. The molecule has 0 radical (unpaired) electrons. The van der Waals surface area contributed by atoms with E-state index >= 15 is 0 Å². The minimum atomic E-state index is -3.31. The van der Waals surface area contributed by atoms with Crippen LogP contribution in [0.15, 0.2) is 47.6 Å². The Kier molecular flexibility index (Phi) is 4.60. The number of benzene rings is 1. The van der Waals surface area contributed by atoms with Crippen LogP contribution in [0.5, 0.6) is 0 Å². The zero-order valence-electron chi connectivity index (χ0n) is 13.1. The fourth-order valence-electron chi connectivity index (χ4n) is 2.23. The Labute approximate surface area is 149 Å². The maximum absolute atomic E-state index is 11.7. The topological polar surface area (TPSA) is 112 Å². The molecule has 128 valence electrons. The van der Waals surface area contributed by atoms with Crippen LogP contribution in [0.2, 0.25) is 0 Å². The van der Waals surface area contributed by atoms with Gasteiger partial charge in [0.15, 0.2) is 5.17 Å². The van der Waals surface area contributed by atoms with E-state index < -0.39 is 10.0 Å². The number of amidine groups is 1. The van der Waals surface area contributed by atoms with E-state index in [2.05, 4.69) is 15.0 Å². The van der Waals surface area contributed by atoms with Crippen molar-refractivity contribution in [2.75, 3.05) is 11.0 Å². The van der Waals surface area contributed by atoms with Crippen LogP contribution < -0.4 is 10.0 Å². The van der Waals surface area contributed by atoms with Gasteiger partial charge in [0.05, 0.1) is 11.2 Å². The van der Waals surface area contributed by atoms with Crippen molar-refractivity contribution in [3.8, 4) is 11.1 Å². The van der Waals surface area contributed by atoms with Crippen molar-refractivity contribution in [1.29, 1.82) is 5.41 Å². The Bertz CT molecular complexity index is 983. The highest BCUT2D eigenvalue weighted by atomic mass is 32.2. The summed E-state index contributed by atoms with van der Waals surface area (Å²) in [5.41, 5.74) is 2.92. The van der Waals surface area contributed by atoms with Gasteiger partial charge in [-0.25, -0.2) is 8.42 Å². The van der Waals surface area contributed by atoms with Gasteiger partial charge in [0.2, 0.25) is 10.0 Å². The minimum absolute atomic E-state index is 0.106. The van der Waals surface area contributed by atoms with Gasteiger partial charge in [0.25, 0.3) is 5.91 Å². The molecule has 25 heavy (non-hydrogen) atoms. The Morgan fingerprint density at radius 3 is 2.52 bits per heavy atom. The van der Waals surface area contributed by atoms with Crippen LogP contribution in [0.25, 0.3) is 17.2 Å². The maximum Gasteiger partial charge on any atom is 0.264 e. The number of nitrogens with one attached hydrogen (secondary N) is 3. The predicted molar refractivity (Wildman–Crippen MR) is 99.6 cm³/mol. The quantitative estimate of drug-likeness (QED) is 0.711. The van der Waals surface area contributed by atoms with Gasteiger partial charge in [-0.15, -0.1) is 0 Å². The molecule has 1 aromatic carbocycles. The number of thioether (sulfide) groups is 1. The monoisotopic (exact) mass is 374 g/mol. The van der Waals surface area contributed by atoms with Gasteiger partial charge in [0, 0.05) is 23.6 Å². The van der Waals surface area contributed by atoms with Crippen LogP contribution in [-0.2, 0) is 14.8 Å². The molecule has 1 saturated heterocycles. The third-order valence-electron chi connectivity index (χ3n) is 3.24. The lowest BCUT2D eigenvalue weighted by Gasteiger charge is -2.06. The van der Waals surface area contributed by atoms with E-state index in [-0.39, 0.29) is 11.1 Å². The zero-order valence-corrected chi connectivity index (χ0v) is 14.7. The van der Waals surface area contributed by atoms with Gasteiger partial charge in [-0.05, 0) is 47.2 Å². The summed E-state index contributed by atoms with van der Waals surface area (Å²) in [6.45, 7) is 0. The predicted octanol–water partition coefficient (Wildman–Crippen LogP) is 2.26. The number of pyridine rings is 1. The summed E-state index contributed by atoms with van der Waals surface area (Å²) in [6.07, 6.45) is 6.09. The van der Waals surface area contributed by atoms with E-state index in [1.807, 2.05) is 6.07 Å². The molecule has 1 aliphatic rings. The van der Waals surface area contributed by atoms with Gasteiger partial charge < -0.3 is 5.32 Å². The van der Waals surface area contributed by atoms with E-state index in [1.165, 1.54) is 0 Å². The zero-order chi connectivity index (χ0) is 18.0. The molecule has 0 spiro atoms. The van der Waals surface area contributed by atoms with Gasteiger partial charge in [-0.3, -0.25) is 19.9 Å². The average Bonchev–Trinajstić information content (AvgIpc) is 2.84. The summed E-state index contributed by atoms with van der Waals surface area (Å²) in [6, 6.07) is 8.78. The number of anilines is 1. The summed E-state index contributed by atoms with van der Waals surface area (Å²) < 4.78 is 24.9. The average molecular weight is 374 g/mol. The number of carbonyl (C=O) groups excluding carboxylic acids is 1. The van der Waals surface area contributed by atoms with Crippen molar-refractivity contribution >= 4 is 44.6 Å². The summed E-state index contributed by atoms with van der Waals surface area (Å²) >= 11 is 1.07. The molecule has 1 aliphatic heterocycles. The minimum Gasteiger partial charge on any atom is -0.301 e. The second-order valence-electron chi connectivity index (χ2n) is 5.35. The van der Waals surface area contributed by atoms with Crippen molar-refractivity contribution in [3.05, 3.63) is 53.2 Å². The molecule has 3 rings (SSSR count). The van der Waals surface area contributed by atoms with E-state index in [0.717, 1.165) is 34.7 Å². The number of carbonyl (C=O) groups is 1. The molecule has 1 fully saturated rings. The molecule has 0 unspecified atom stereocenters. The number of sulfonamides is 1. The third-order valence-corrected chi connectivity index (χ3v) is 4.68. The largest absolute Gasteiger partial charge is 0.301 e. The van der Waals surface area contributed by atoms with E-state index in [1.54, 1.807) is 42.7 Å². The molecule has 9 heteroatoms. The highest BCUT2D eigenvalue weighted by Gasteiger charge is 2.22. The van der Waals surface area contributed by atoms with Gasteiger partial charge in [0.1, 0.15) is 0 Å². The number of hydrogen-bond acceptors (Lipinski definition) is 6. The van der Waals surface area contributed by atoms with Crippen molar-refractivity contribution < 1.29 is 13.2 Å². The molecule has 1 aromatic heterocycles. The number of amides is 1. The van der Waals surface area contributed by atoms with Gasteiger partial charge in [-0.1, -0.05) is 12.1 Å².